The maximum Gasteiger partial charge on any atom is 0.340 e. The number of nitrogens with one attached hydrogen (secondary N) is 1. The molecule has 2 rings (SSSR count). The van der Waals surface area contributed by atoms with Gasteiger partial charge in [0.2, 0.25) is 0 Å². The number of rotatable bonds is 8. The number of esters is 1. The molecule has 0 atom stereocenters. The van der Waals surface area contributed by atoms with Gasteiger partial charge in [0.15, 0.2) is 0 Å². The Balaban J connectivity index is 2.23. The van der Waals surface area contributed by atoms with Gasteiger partial charge in [-0.1, -0.05) is 19.3 Å². The van der Waals surface area contributed by atoms with Crippen LogP contribution in [0.2, 0.25) is 0 Å². The van der Waals surface area contributed by atoms with Crippen LogP contribution in [0.1, 0.15) is 78.1 Å². The highest BCUT2D eigenvalue weighted by atomic mass is 16.5. The van der Waals surface area contributed by atoms with Crippen LogP contribution in [0.5, 0.6) is 0 Å². The largest absolute Gasteiger partial charge is 0.459 e. The average molecular weight is 392 g/mol. The number of carbonyl (C=O) groups is 2. The van der Waals surface area contributed by atoms with Crippen molar-refractivity contribution in [2.24, 2.45) is 5.92 Å². The van der Waals surface area contributed by atoms with E-state index in [4.69, 9.17) is 4.74 Å². The van der Waals surface area contributed by atoms with Crippen LogP contribution < -0.4 is 0 Å². The second-order valence-corrected chi connectivity index (χ2v) is 8.64. The van der Waals surface area contributed by atoms with Gasteiger partial charge in [0.25, 0.3) is 5.91 Å². The summed E-state index contributed by atoms with van der Waals surface area (Å²) in [4.78, 5) is 33.1. The summed E-state index contributed by atoms with van der Waals surface area (Å²) in [5.41, 5.74) is 2.38. The maximum absolute atomic E-state index is 13.4. The van der Waals surface area contributed by atoms with Gasteiger partial charge in [-0.2, -0.15) is 0 Å². The number of nitrogens with zero attached hydrogens (tertiary/aromatic N) is 2. The van der Waals surface area contributed by atoms with Crippen molar-refractivity contribution in [1.29, 1.82) is 0 Å². The van der Waals surface area contributed by atoms with Crippen LogP contribution in [0.25, 0.3) is 0 Å². The van der Waals surface area contributed by atoms with E-state index in [9.17, 15) is 9.59 Å². The Hall–Kier alpha value is -1.82. The molecule has 1 aromatic rings. The molecule has 1 saturated carbocycles. The topological polar surface area (TPSA) is 65.6 Å². The van der Waals surface area contributed by atoms with Gasteiger partial charge in [0, 0.05) is 25.3 Å². The van der Waals surface area contributed by atoms with E-state index in [1.165, 1.54) is 32.1 Å². The summed E-state index contributed by atoms with van der Waals surface area (Å²) in [5, 5.41) is 0. The molecule has 0 aliphatic heterocycles. The fourth-order valence-corrected chi connectivity index (χ4v) is 3.98. The normalized spacial score (nSPS) is 15.3. The summed E-state index contributed by atoms with van der Waals surface area (Å²) in [6, 6.07) is 0. The number of aromatic nitrogens is 1. The van der Waals surface area contributed by atoms with Gasteiger partial charge in [0.05, 0.1) is 11.7 Å². The molecule has 28 heavy (non-hydrogen) atoms. The quantitative estimate of drug-likeness (QED) is 0.685. The van der Waals surface area contributed by atoms with Gasteiger partial charge in [-0.15, -0.1) is 0 Å². The zero-order valence-electron chi connectivity index (χ0n) is 18.4. The SMILES string of the molecule is Cc1[nH]c(C(=O)N(CCN(C)C)CC2CCCCC2)c(C)c1C(=O)OC(C)C. The number of aryl methyl sites for hydroxylation is 1. The van der Waals surface area contributed by atoms with Crippen LogP contribution in [0.15, 0.2) is 0 Å². The minimum Gasteiger partial charge on any atom is -0.459 e. The van der Waals surface area contributed by atoms with Crippen molar-refractivity contribution in [2.75, 3.05) is 33.7 Å². The third-order valence-electron chi connectivity index (χ3n) is 5.51. The van der Waals surface area contributed by atoms with Crippen molar-refractivity contribution >= 4 is 11.9 Å². The van der Waals surface area contributed by atoms with Gasteiger partial charge in [-0.05, 0) is 66.1 Å². The highest BCUT2D eigenvalue weighted by molar-refractivity contribution is 6.00. The van der Waals surface area contributed by atoms with Crippen molar-refractivity contribution in [3.63, 3.8) is 0 Å². The number of H-pyrrole nitrogens is 1. The molecule has 1 heterocycles. The highest BCUT2D eigenvalue weighted by Gasteiger charge is 2.28. The standard InChI is InChI=1S/C22H37N3O3/c1-15(2)28-22(27)19-16(3)20(23-17(19)4)21(26)25(13-12-24(5)6)14-18-10-8-7-9-11-18/h15,18,23H,7-14H2,1-6H3. The first-order valence-corrected chi connectivity index (χ1v) is 10.5. The minimum atomic E-state index is -0.368. The summed E-state index contributed by atoms with van der Waals surface area (Å²) in [5.74, 6) is 0.186. The molecule has 0 saturated heterocycles. The van der Waals surface area contributed by atoms with Crippen LogP contribution in [-0.2, 0) is 4.74 Å². The van der Waals surface area contributed by atoms with Gasteiger partial charge in [-0.3, -0.25) is 4.79 Å². The molecule has 0 bridgehead atoms. The Kier molecular flexibility index (Phi) is 8.10. The monoisotopic (exact) mass is 391 g/mol. The van der Waals surface area contributed by atoms with Crippen molar-refractivity contribution in [3.05, 3.63) is 22.5 Å². The van der Waals surface area contributed by atoms with Crippen LogP contribution in [0, 0.1) is 19.8 Å². The van der Waals surface area contributed by atoms with Crippen LogP contribution >= 0.6 is 0 Å². The van der Waals surface area contributed by atoms with E-state index >= 15 is 0 Å². The Bertz CT molecular complexity index is 673. The molecule has 1 amide bonds. The second kappa shape index (κ2) is 10.1. The number of hydrogen-bond donors (Lipinski definition) is 1. The molecule has 0 radical (unpaired) electrons. The Morgan fingerprint density at radius 2 is 1.75 bits per heavy atom. The lowest BCUT2D eigenvalue weighted by molar-refractivity contribution is 0.0376. The lowest BCUT2D eigenvalue weighted by Crippen LogP contribution is -2.40. The van der Waals surface area contributed by atoms with Crippen molar-refractivity contribution in [1.82, 2.24) is 14.8 Å². The lowest BCUT2D eigenvalue weighted by atomic mass is 9.89. The molecule has 1 fully saturated rings. The van der Waals surface area contributed by atoms with Crippen LogP contribution in [0.3, 0.4) is 0 Å². The molecule has 1 aromatic heterocycles. The van der Waals surface area contributed by atoms with Crippen molar-refractivity contribution in [3.8, 4) is 0 Å². The Morgan fingerprint density at radius 1 is 1.11 bits per heavy atom. The molecule has 0 spiro atoms. The van der Waals surface area contributed by atoms with Gasteiger partial charge < -0.3 is 19.5 Å². The van der Waals surface area contributed by atoms with E-state index < -0.39 is 0 Å². The number of ether oxygens (including phenoxy) is 1. The van der Waals surface area contributed by atoms with Gasteiger partial charge in [-0.25, -0.2) is 4.79 Å². The predicted octanol–water partition coefficient (Wildman–Crippen LogP) is 3.78. The molecular formula is C22H37N3O3. The summed E-state index contributed by atoms with van der Waals surface area (Å²) in [6.45, 7) is 9.61. The predicted molar refractivity (Wildman–Crippen MR) is 112 cm³/mol. The summed E-state index contributed by atoms with van der Waals surface area (Å²) in [7, 11) is 4.04. The molecule has 1 aliphatic rings. The summed E-state index contributed by atoms with van der Waals surface area (Å²) >= 11 is 0. The molecule has 0 aromatic carbocycles. The third-order valence-corrected chi connectivity index (χ3v) is 5.51. The molecule has 6 heteroatoms. The molecule has 1 N–H and O–H groups in total. The number of hydrogen-bond acceptors (Lipinski definition) is 4. The van der Waals surface area contributed by atoms with Crippen LogP contribution in [0.4, 0.5) is 0 Å². The molecule has 0 unspecified atom stereocenters. The van der Waals surface area contributed by atoms with E-state index in [0.29, 0.717) is 35.0 Å². The third kappa shape index (κ3) is 5.84. The second-order valence-electron chi connectivity index (χ2n) is 8.64. The number of aromatic amines is 1. The number of likely N-dealkylation sites (N-methyl/N-ethyl adjacent to an activating group) is 1. The molecule has 158 valence electrons. The fourth-order valence-electron chi connectivity index (χ4n) is 3.98. The molecular weight excluding hydrogens is 354 g/mol. The fraction of sp³-hybridized carbons (Fsp3) is 0.727. The van der Waals surface area contributed by atoms with E-state index in [1.807, 2.05) is 46.7 Å². The Morgan fingerprint density at radius 3 is 2.32 bits per heavy atom. The first-order valence-electron chi connectivity index (χ1n) is 10.5. The summed E-state index contributed by atoms with van der Waals surface area (Å²) in [6.07, 6.45) is 6.01. The van der Waals surface area contributed by atoms with Gasteiger partial charge in [0.1, 0.15) is 5.69 Å². The molecule has 6 nitrogen and oxygen atoms in total. The van der Waals surface area contributed by atoms with Crippen molar-refractivity contribution in [2.45, 2.75) is 65.9 Å². The smallest absolute Gasteiger partial charge is 0.340 e. The lowest BCUT2D eigenvalue weighted by Gasteiger charge is -2.30. The summed E-state index contributed by atoms with van der Waals surface area (Å²) < 4.78 is 5.36. The Labute approximate surface area is 169 Å². The van der Waals surface area contributed by atoms with Crippen molar-refractivity contribution < 1.29 is 14.3 Å². The van der Waals surface area contributed by atoms with E-state index in [-0.39, 0.29) is 18.0 Å². The minimum absolute atomic E-state index is 0.0170. The average Bonchev–Trinajstić information content (AvgIpc) is 2.92. The van der Waals surface area contributed by atoms with E-state index in [2.05, 4.69) is 9.88 Å². The number of amides is 1. The van der Waals surface area contributed by atoms with E-state index in [1.54, 1.807) is 0 Å². The molecule has 1 aliphatic carbocycles. The zero-order valence-corrected chi connectivity index (χ0v) is 18.4. The highest BCUT2D eigenvalue weighted by Crippen LogP contribution is 2.26. The maximum atomic E-state index is 13.4. The zero-order chi connectivity index (χ0) is 20.8. The first kappa shape index (κ1) is 22.5. The van der Waals surface area contributed by atoms with Gasteiger partial charge >= 0.3 is 5.97 Å². The first-order chi connectivity index (χ1) is 13.2. The van der Waals surface area contributed by atoms with Crippen LogP contribution in [-0.4, -0.2) is 66.5 Å². The van der Waals surface area contributed by atoms with E-state index in [0.717, 1.165) is 13.1 Å². The number of carbonyl (C=O) groups excluding carboxylic acids is 2.